The number of H-pyrrole nitrogens is 1. The molecule has 2 N–H and O–H groups in total. The summed E-state index contributed by atoms with van der Waals surface area (Å²) in [5.41, 5.74) is 2.32. The molecule has 3 heterocycles. The summed E-state index contributed by atoms with van der Waals surface area (Å²) < 4.78 is 6.13. The zero-order valence-corrected chi connectivity index (χ0v) is 19.1. The number of aliphatic hydroxyl groups is 1. The average molecular weight is 458 g/mol. The van der Waals surface area contributed by atoms with Crippen LogP contribution in [0.5, 0.6) is 5.75 Å². The highest BCUT2D eigenvalue weighted by molar-refractivity contribution is 7.14. The molecular weight excluding hydrogens is 434 g/mol. The SMILES string of the molecule is CC1(C)Oc2ccc(C#N)cc2[C@H](N(Cc2ncc[nH]2)c2nc(-c3ccccc3)cs2)[C@H]1O. The molecule has 7 nitrogen and oxygen atoms in total. The smallest absolute Gasteiger partial charge is 0.186 e. The normalized spacial score (nSPS) is 18.7. The third kappa shape index (κ3) is 3.97. The van der Waals surface area contributed by atoms with Gasteiger partial charge in [0.05, 0.1) is 29.9 Å². The Bertz CT molecular complexity index is 1290. The number of rotatable bonds is 5. The average Bonchev–Trinajstić information content (AvgIpc) is 3.51. The fraction of sp³-hybridized carbons (Fsp3) is 0.240. The summed E-state index contributed by atoms with van der Waals surface area (Å²) in [6.45, 7) is 4.14. The van der Waals surface area contributed by atoms with E-state index in [9.17, 15) is 10.4 Å². The Labute approximate surface area is 196 Å². The lowest BCUT2D eigenvalue weighted by atomic mass is 9.85. The molecule has 0 fully saturated rings. The summed E-state index contributed by atoms with van der Waals surface area (Å²) in [4.78, 5) is 14.5. The van der Waals surface area contributed by atoms with Gasteiger partial charge in [0.15, 0.2) is 5.13 Å². The molecule has 4 aromatic rings. The minimum Gasteiger partial charge on any atom is -0.485 e. The number of hydrogen-bond donors (Lipinski definition) is 2. The number of aromatic amines is 1. The molecule has 33 heavy (non-hydrogen) atoms. The zero-order chi connectivity index (χ0) is 23.0. The number of hydrogen-bond acceptors (Lipinski definition) is 7. The molecular formula is C25H23N5O2S. The minimum atomic E-state index is -0.877. The van der Waals surface area contributed by atoms with Crippen LogP contribution in [-0.2, 0) is 6.54 Å². The highest BCUT2D eigenvalue weighted by atomic mass is 32.1. The maximum atomic E-state index is 11.5. The Morgan fingerprint density at radius 2 is 2.06 bits per heavy atom. The number of nitriles is 1. The molecule has 2 atom stereocenters. The van der Waals surface area contributed by atoms with Crippen molar-refractivity contribution in [3.8, 4) is 23.1 Å². The van der Waals surface area contributed by atoms with E-state index in [-0.39, 0.29) is 0 Å². The lowest BCUT2D eigenvalue weighted by molar-refractivity contribution is -0.0590. The molecule has 0 saturated carbocycles. The van der Waals surface area contributed by atoms with Gasteiger partial charge >= 0.3 is 0 Å². The molecule has 0 bridgehead atoms. The first-order valence-electron chi connectivity index (χ1n) is 10.6. The number of nitrogens with one attached hydrogen (secondary N) is 1. The fourth-order valence-corrected chi connectivity index (χ4v) is 5.01. The number of aliphatic hydroxyl groups excluding tert-OH is 1. The van der Waals surface area contributed by atoms with Crippen LogP contribution in [-0.4, -0.2) is 31.8 Å². The summed E-state index contributed by atoms with van der Waals surface area (Å²) in [7, 11) is 0. The minimum absolute atomic E-state index is 0.406. The van der Waals surface area contributed by atoms with Gasteiger partial charge in [0.2, 0.25) is 0 Å². The van der Waals surface area contributed by atoms with Crippen molar-refractivity contribution in [2.75, 3.05) is 4.90 Å². The van der Waals surface area contributed by atoms with Gasteiger partial charge in [-0.2, -0.15) is 5.26 Å². The molecule has 2 aromatic carbocycles. The molecule has 1 aliphatic heterocycles. The van der Waals surface area contributed by atoms with Gasteiger partial charge in [-0.3, -0.25) is 0 Å². The summed E-state index contributed by atoms with van der Waals surface area (Å²) in [6, 6.07) is 17.0. The van der Waals surface area contributed by atoms with Crippen molar-refractivity contribution in [3.05, 3.63) is 83.3 Å². The van der Waals surface area contributed by atoms with E-state index in [1.54, 1.807) is 30.6 Å². The van der Waals surface area contributed by atoms with Crippen molar-refractivity contribution in [2.45, 2.75) is 38.1 Å². The van der Waals surface area contributed by atoms with E-state index in [1.807, 2.05) is 54.5 Å². The van der Waals surface area contributed by atoms with Crippen molar-refractivity contribution < 1.29 is 9.84 Å². The van der Waals surface area contributed by atoms with Crippen molar-refractivity contribution in [1.29, 1.82) is 5.26 Å². The predicted molar refractivity (Wildman–Crippen MR) is 127 cm³/mol. The van der Waals surface area contributed by atoms with Crippen molar-refractivity contribution in [1.82, 2.24) is 15.0 Å². The Hall–Kier alpha value is -3.67. The molecule has 0 spiro atoms. The van der Waals surface area contributed by atoms with Gasteiger partial charge < -0.3 is 19.7 Å². The van der Waals surface area contributed by atoms with Gasteiger partial charge in [0, 0.05) is 28.9 Å². The van der Waals surface area contributed by atoms with Crippen LogP contribution in [0.15, 0.2) is 66.3 Å². The third-order valence-corrected chi connectivity index (χ3v) is 6.74. The van der Waals surface area contributed by atoms with Crippen LogP contribution in [0.25, 0.3) is 11.3 Å². The van der Waals surface area contributed by atoms with Crippen LogP contribution in [0.3, 0.4) is 0 Å². The van der Waals surface area contributed by atoms with Gasteiger partial charge in [-0.15, -0.1) is 11.3 Å². The molecule has 0 saturated heterocycles. The Morgan fingerprint density at radius 1 is 1.24 bits per heavy atom. The van der Waals surface area contributed by atoms with Crippen LogP contribution in [0.4, 0.5) is 5.13 Å². The molecule has 0 aliphatic carbocycles. The van der Waals surface area contributed by atoms with Crippen molar-refractivity contribution >= 4 is 16.5 Å². The number of anilines is 1. The molecule has 5 rings (SSSR count). The van der Waals surface area contributed by atoms with Crippen molar-refractivity contribution in [3.63, 3.8) is 0 Å². The number of fused-ring (bicyclic) bond motifs is 1. The largest absolute Gasteiger partial charge is 0.485 e. The Balaban J connectivity index is 1.64. The molecule has 8 heteroatoms. The van der Waals surface area contributed by atoms with E-state index in [1.165, 1.54) is 11.3 Å². The number of nitrogens with zero attached hydrogens (tertiary/aromatic N) is 4. The van der Waals surface area contributed by atoms with Crippen LogP contribution in [0, 0.1) is 11.3 Å². The van der Waals surface area contributed by atoms with E-state index >= 15 is 0 Å². The summed E-state index contributed by atoms with van der Waals surface area (Å²) >= 11 is 1.51. The van der Waals surface area contributed by atoms with Gasteiger partial charge in [-0.25, -0.2) is 9.97 Å². The van der Waals surface area contributed by atoms with E-state index < -0.39 is 17.7 Å². The summed E-state index contributed by atoms with van der Waals surface area (Å²) in [6.07, 6.45) is 2.60. The monoisotopic (exact) mass is 457 g/mol. The maximum Gasteiger partial charge on any atom is 0.186 e. The number of benzene rings is 2. The first-order chi connectivity index (χ1) is 16.0. The van der Waals surface area contributed by atoms with E-state index in [4.69, 9.17) is 9.72 Å². The lowest BCUT2D eigenvalue weighted by Gasteiger charge is -2.46. The standard InChI is InChI=1S/C25H23N5O2S/c1-25(2)23(31)22(18-12-16(13-26)8-9-20(18)32-25)30(14-21-27-10-11-28-21)24-29-19(15-33-24)17-6-4-3-5-7-17/h3-12,15,22-23,31H,14H2,1-2H3,(H,27,28)/t22-,23+/m0/s1. The maximum absolute atomic E-state index is 11.5. The van der Waals surface area contributed by atoms with E-state index in [0.29, 0.717) is 17.9 Å². The fourth-order valence-electron chi connectivity index (χ4n) is 4.14. The first kappa shape index (κ1) is 21.2. The van der Waals surface area contributed by atoms with Crippen LogP contribution < -0.4 is 9.64 Å². The quantitative estimate of drug-likeness (QED) is 0.451. The first-order valence-corrected chi connectivity index (χ1v) is 11.5. The number of thiazole rings is 1. The zero-order valence-electron chi connectivity index (χ0n) is 18.3. The topological polar surface area (TPSA) is 98.1 Å². The molecule has 2 aromatic heterocycles. The van der Waals surface area contributed by atoms with Gasteiger partial charge in [-0.05, 0) is 32.0 Å². The van der Waals surface area contributed by atoms with Gasteiger partial charge in [0.1, 0.15) is 23.3 Å². The van der Waals surface area contributed by atoms with Crippen molar-refractivity contribution in [2.24, 2.45) is 0 Å². The second-order valence-electron chi connectivity index (χ2n) is 8.50. The molecule has 1 aliphatic rings. The predicted octanol–water partition coefficient (Wildman–Crippen LogP) is 4.68. The van der Waals surface area contributed by atoms with Gasteiger partial charge in [-0.1, -0.05) is 30.3 Å². The number of ether oxygens (including phenoxy) is 1. The number of imidazole rings is 1. The summed E-state index contributed by atoms with van der Waals surface area (Å²) in [5, 5.41) is 23.7. The molecule has 166 valence electrons. The molecule has 0 radical (unpaired) electrons. The summed E-state index contributed by atoms with van der Waals surface area (Å²) in [5.74, 6) is 1.40. The van der Waals surface area contributed by atoms with Crippen LogP contribution in [0.1, 0.15) is 36.8 Å². The highest BCUT2D eigenvalue weighted by Crippen LogP contribution is 2.46. The van der Waals surface area contributed by atoms with Crippen LogP contribution >= 0.6 is 11.3 Å². The number of aromatic nitrogens is 3. The second kappa shape index (κ2) is 8.35. The highest BCUT2D eigenvalue weighted by Gasteiger charge is 2.46. The Morgan fingerprint density at radius 3 is 2.79 bits per heavy atom. The van der Waals surface area contributed by atoms with E-state index in [2.05, 4.69) is 16.0 Å². The Kier molecular flexibility index (Phi) is 5.36. The molecule has 0 amide bonds. The third-order valence-electron chi connectivity index (χ3n) is 5.86. The second-order valence-corrected chi connectivity index (χ2v) is 9.34. The van der Waals surface area contributed by atoms with Crippen LogP contribution in [0.2, 0.25) is 0 Å². The van der Waals surface area contributed by atoms with E-state index in [0.717, 1.165) is 27.8 Å². The molecule has 0 unspecified atom stereocenters. The van der Waals surface area contributed by atoms with Gasteiger partial charge in [0.25, 0.3) is 0 Å². The lowest BCUT2D eigenvalue weighted by Crippen LogP contribution is -2.53.